The third-order valence-electron chi connectivity index (χ3n) is 5.65. The zero-order chi connectivity index (χ0) is 23.6. The van der Waals surface area contributed by atoms with Gasteiger partial charge in [-0.1, -0.05) is 48.0 Å². The summed E-state index contributed by atoms with van der Waals surface area (Å²) in [5.74, 6) is -0.369. The lowest BCUT2D eigenvalue weighted by Crippen LogP contribution is -2.30. The molecule has 1 heterocycles. The van der Waals surface area contributed by atoms with Crippen LogP contribution in [0, 0.1) is 39.0 Å². The molecule has 0 spiro atoms. The molecule has 0 bridgehead atoms. The number of nitriles is 1. The molecular weight excluding hydrogens is 404 g/mol. The maximum atomic E-state index is 13.1. The van der Waals surface area contributed by atoms with Crippen LogP contribution in [0.1, 0.15) is 56.7 Å². The lowest BCUT2D eigenvalue weighted by molar-refractivity contribution is 0.0915. The van der Waals surface area contributed by atoms with E-state index in [9.17, 15) is 20.0 Å². The van der Waals surface area contributed by atoms with E-state index in [0.717, 1.165) is 26.8 Å². The molecule has 0 fully saturated rings. The summed E-state index contributed by atoms with van der Waals surface area (Å²) in [5, 5.41) is 20.6. The fraction of sp³-hybridized carbons (Fsp3) is 0.269. The van der Waals surface area contributed by atoms with Crippen molar-refractivity contribution >= 4 is 5.78 Å². The molecule has 1 aromatic heterocycles. The maximum Gasteiger partial charge on any atom is 0.272 e. The Labute approximate surface area is 187 Å². The SMILES string of the molecule is Cc1cc(C)c(OCC(=O)c2c(C)c(C#N)c(=O)n(C(C)c3ccccc3)c2O)c(C)c1. The summed E-state index contributed by atoms with van der Waals surface area (Å²) in [4.78, 5) is 26.1. The molecule has 164 valence electrons. The second-order valence-electron chi connectivity index (χ2n) is 8.01. The predicted molar refractivity (Wildman–Crippen MR) is 123 cm³/mol. The molecule has 0 aliphatic heterocycles. The zero-order valence-electron chi connectivity index (χ0n) is 18.9. The highest BCUT2D eigenvalue weighted by molar-refractivity contribution is 6.01. The molecule has 0 saturated carbocycles. The van der Waals surface area contributed by atoms with Gasteiger partial charge in [-0.25, -0.2) is 0 Å². The first-order valence-electron chi connectivity index (χ1n) is 10.3. The zero-order valence-corrected chi connectivity index (χ0v) is 18.9. The standard InChI is InChI=1S/C26H26N2O4/c1-15-11-16(2)24(17(3)12-15)32-14-22(29)23-18(4)21(13-27)25(30)28(26(23)31)19(5)20-9-7-6-8-10-20/h6-12,19,31H,14H2,1-5H3. The number of carbonyl (C=O) groups is 1. The summed E-state index contributed by atoms with van der Waals surface area (Å²) >= 11 is 0. The highest BCUT2D eigenvalue weighted by Crippen LogP contribution is 2.29. The van der Waals surface area contributed by atoms with Crippen LogP contribution in [0.3, 0.4) is 0 Å². The van der Waals surface area contributed by atoms with Crippen LogP contribution in [0.2, 0.25) is 0 Å². The Morgan fingerprint density at radius 3 is 2.28 bits per heavy atom. The summed E-state index contributed by atoms with van der Waals surface area (Å²) in [6.07, 6.45) is 0. The van der Waals surface area contributed by atoms with Gasteiger partial charge in [-0.05, 0) is 56.9 Å². The van der Waals surface area contributed by atoms with E-state index in [0.29, 0.717) is 5.75 Å². The van der Waals surface area contributed by atoms with Crippen molar-refractivity contribution in [2.24, 2.45) is 0 Å². The monoisotopic (exact) mass is 430 g/mol. The topological polar surface area (TPSA) is 92.3 Å². The lowest BCUT2D eigenvalue weighted by Gasteiger charge is -2.21. The number of Topliss-reactive ketones (excluding diaryl/α,β-unsaturated/α-hetero) is 1. The van der Waals surface area contributed by atoms with Gasteiger partial charge in [0.15, 0.2) is 6.61 Å². The van der Waals surface area contributed by atoms with E-state index in [4.69, 9.17) is 4.74 Å². The summed E-state index contributed by atoms with van der Waals surface area (Å²) < 4.78 is 6.90. The van der Waals surface area contributed by atoms with Crippen LogP contribution in [0.4, 0.5) is 0 Å². The van der Waals surface area contributed by atoms with Crippen molar-refractivity contribution < 1.29 is 14.6 Å². The first-order chi connectivity index (χ1) is 15.2. The molecule has 0 saturated heterocycles. The molecule has 1 atom stereocenters. The molecule has 3 rings (SSSR count). The summed E-state index contributed by atoms with van der Waals surface area (Å²) in [7, 11) is 0. The number of hydrogen-bond acceptors (Lipinski definition) is 5. The molecule has 0 aliphatic carbocycles. The van der Waals surface area contributed by atoms with Crippen LogP contribution in [-0.2, 0) is 0 Å². The Balaban J connectivity index is 2.06. The Hall–Kier alpha value is -3.85. The van der Waals surface area contributed by atoms with Crippen LogP contribution < -0.4 is 10.3 Å². The van der Waals surface area contributed by atoms with E-state index < -0.39 is 23.3 Å². The molecule has 2 aromatic carbocycles. The van der Waals surface area contributed by atoms with Crippen molar-refractivity contribution in [1.82, 2.24) is 4.57 Å². The molecule has 1 N–H and O–H groups in total. The molecule has 6 nitrogen and oxygen atoms in total. The van der Waals surface area contributed by atoms with E-state index in [2.05, 4.69) is 0 Å². The Morgan fingerprint density at radius 2 is 1.72 bits per heavy atom. The number of nitrogens with zero attached hydrogens (tertiary/aromatic N) is 2. The fourth-order valence-corrected chi connectivity index (χ4v) is 4.10. The summed E-state index contributed by atoms with van der Waals surface area (Å²) in [6, 6.07) is 14.4. The minimum atomic E-state index is -0.637. The Morgan fingerprint density at radius 1 is 1.12 bits per heavy atom. The highest BCUT2D eigenvalue weighted by atomic mass is 16.5. The van der Waals surface area contributed by atoms with Crippen molar-refractivity contribution in [3.05, 3.63) is 91.8 Å². The van der Waals surface area contributed by atoms with E-state index in [1.54, 1.807) is 6.92 Å². The van der Waals surface area contributed by atoms with Gasteiger partial charge in [0.25, 0.3) is 5.56 Å². The number of pyridine rings is 1. The van der Waals surface area contributed by atoms with Gasteiger partial charge in [0.05, 0.1) is 11.6 Å². The highest BCUT2D eigenvalue weighted by Gasteiger charge is 2.27. The predicted octanol–water partition coefficient (Wildman–Crippen LogP) is 4.53. The summed E-state index contributed by atoms with van der Waals surface area (Å²) in [5.41, 5.74) is 2.92. The van der Waals surface area contributed by atoms with Crippen LogP contribution in [0.15, 0.2) is 47.3 Å². The molecule has 32 heavy (non-hydrogen) atoms. The van der Waals surface area contributed by atoms with Crippen LogP contribution in [-0.4, -0.2) is 22.1 Å². The molecule has 1 unspecified atom stereocenters. The van der Waals surface area contributed by atoms with Gasteiger partial charge >= 0.3 is 0 Å². The Kier molecular flexibility index (Phi) is 6.50. The third kappa shape index (κ3) is 4.15. The van der Waals surface area contributed by atoms with Crippen LogP contribution in [0.5, 0.6) is 11.6 Å². The van der Waals surface area contributed by atoms with Crippen molar-refractivity contribution in [3.63, 3.8) is 0 Å². The molecule has 0 aliphatic rings. The smallest absolute Gasteiger partial charge is 0.272 e. The first-order valence-corrected chi connectivity index (χ1v) is 10.3. The normalized spacial score (nSPS) is 11.6. The summed E-state index contributed by atoms with van der Waals surface area (Å²) in [6.45, 7) is 8.68. The van der Waals surface area contributed by atoms with Crippen LogP contribution >= 0.6 is 0 Å². The third-order valence-corrected chi connectivity index (χ3v) is 5.65. The van der Waals surface area contributed by atoms with Gasteiger partial charge in [0, 0.05) is 0 Å². The van der Waals surface area contributed by atoms with Gasteiger partial charge < -0.3 is 9.84 Å². The van der Waals surface area contributed by atoms with Crippen LogP contribution in [0.25, 0.3) is 0 Å². The molecule has 0 amide bonds. The fourth-order valence-electron chi connectivity index (χ4n) is 4.10. The minimum absolute atomic E-state index is 0.0775. The molecule has 0 radical (unpaired) electrons. The van der Waals surface area contributed by atoms with E-state index in [1.165, 1.54) is 6.92 Å². The van der Waals surface area contributed by atoms with E-state index >= 15 is 0 Å². The number of carbonyl (C=O) groups excluding carboxylic acids is 1. The number of benzene rings is 2. The largest absolute Gasteiger partial charge is 0.494 e. The quantitative estimate of drug-likeness (QED) is 0.580. The van der Waals surface area contributed by atoms with Crippen molar-refractivity contribution in [3.8, 4) is 17.7 Å². The second-order valence-corrected chi connectivity index (χ2v) is 8.01. The van der Waals surface area contributed by atoms with E-state index in [1.807, 2.05) is 69.3 Å². The number of ether oxygens (including phenoxy) is 1. The van der Waals surface area contributed by atoms with Crippen molar-refractivity contribution in [1.29, 1.82) is 5.26 Å². The van der Waals surface area contributed by atoms with Crippen molar-refractivity contribution in [2.75, 3.05) is 6.61 Å². The van der Waals surface area contributed by atoms with Crippen molar-refractivity contribution in [2.45, 2.75) is 40.7 Å². The Bertz CT molecular complexity index is 1260. The number of aromatic hydroxyl groups is 1. The molecule has 6 heteroatoms. The van der Waals surface area contributed by atoms with Gasteiger partial charge in [-0.2, -0.15) is 5.26 Å². The number of aromatic nitrogens is 1. The van der Waals surface area contributed by atoms with Gasteiger partial charge in [-0.15, -0.1) is 0 Å². The number of rotatable bonds is 6. The minimum Gasteiger partial charge on any atom is -0.494 e. The van der Waals surface area contributed by atoms with Gasteiger partial charge in [-0.3, -0.25) is 14.2 Å². The number of ketones is 1. The maximum absolute atomic E-state index is 13.1. The van der Waals surface area contributed by atoms with Gasteiger partial charge in [0.1, 0.15) is 17.4 Å². The first kappa shape index (κ1) is 22.8. The second kappa shape index (κ2) is 9.11. The lowest BCUT2D eigenvalue weighted by atomic mass is 10.00. The number of aryl methyl sites for hydroxylation is 3. The van der Waals surface area contributed by atoms with E-state index in [-0.39, 0.29) is 23.3 Å². The molecule has 3 aromatic rings. The molecular formula is C26H26N2O4. The number of hydrogen-bond donors (Lipinski definition) is 1. The van der Waals surface area contributed by atoms with Gasteiger partial charge in [0.2, 0.25) is 11.7 Å². The average molecular weight is 431 g/mol. The average Bonchev–Trinajstić information content (AvgIpc) is 2.73.